The molecule has 0 saturated heterocycles. The molecule has 2 rings (SSSR count). The van der Waals surface area contributed by atoms with Crippen molar-refractivity contribution in [1.82, 2.24) is 4.90 Å². The monoisotopic (exact) mass is 472 g/mol. The molecule has 0 aliphatic heterocycles. The van der Waals surface area contributed by atoms with E-state index in [0.29, 0.717) is 24.1 Å². The Labute approximate surface area is 196 Å². The van der Waals surface area contributed by atoms with E-state index in [9.17, 15) is 18.3 Å². The minimum atomic E-state index is -4.85. The molecule has 0 spiro atoms. The zero-order valence-corrected chi connectivity index (χ0v) is 20.7. The van der Waals surface area contributed by atoms with Crippen molar-refractivity contribution in [2.75, 3.05) is 20.7 Å². The minimum Gasteiger partial charge on any atom is -0.496 e. The van der Waals surface area contributed by atoms with Crippen LogP contribution in [0.4, 0.5) is 18.9 Å². The van der Waals surface area contributed by atoms with Gasteiger partial charge in [0.2, 0.25) is 0 Å². The van der Waals surface area contributed by atoms with E-state index in [1.807, 2.05) is 25.8 Å². The molecule has 0 radical (unpaired) electrons. The van der Waals surface area contributed by atoms with E-state index >= 15 is 0 Å². The summed E-state index contributed by atoms with van der Waals surface area (Å²) in [5, 5.41) is 11.3. The van der Waals surface area contributed by atoms with Crippen LogP contribution in [0.2, 0.25) is 0 Å². The van der Waals surface area contributed by atoms with Crippen molar-refractivity contribution in [1.29, 1.82) is 0 Å². The Morgan fingerprint density at radius 3 is 2.36 bits per heavy atom. The molecule has 188 valence electrons. The van der Waals surface area contributed by atoms with Crippen molar-refractivity contribution in [3.05, 3.63) is 23.3 Å². The first-order valence-electron chi connectivity index (χ1n) is 11.9. The van der Waals surface area contributed by atoms with Crippen molar-refractivity contribution < 1.29 is 27.8 Å². The highest BCUT2D eigenvalue weighted by molar-refractivity contribution is 5.65. The molecule has 0 aromatic heterocycles. The number of nitrogens with zero attached hydrogens (tertiary/aromatic N) is 2. The predicted molar refractivity (Wildman–Crippen MR) is 125 cm³/mol. The molecular weight excluding hydrogens is 433 g/mol. The molecule has 8 heteroatoms. The predicted octanol–water partition coefficient (Wildman–Crippen LogP) is 6.13. The van der Waals surface area contributed by atoms with E-state index in [1.54, 1.807) is 13.3 Å². The van der Waals surface area contributed by atoms with Crippen molar-refractivity contribution in [3.8, 4) is 5.75 Å². The maximum absolute atomic E-state index is 14.5. The highest BCUT2D eigenvalue weighted by Gasteiger charge is 2.61. The van der Waals surface area contributed by atoms with Crippen LogP contribution in [0.3, 0.4) is 0 Å². The van der Waals surface area contributed by atoms with Gasteiger partial charge in [-0.25, -0.2) is 4.99 Å². The summed E-state index contributed by atoms with van der Waals surface area (Å²) < 4.78 is 54.7. The first kappa shape index (κ1) is 27.4. The lowest BCUT2D eigenvalue weighted by Crippen LogP contribution is -2.50. The molecule has 5 nitrogen and oxygen atoms in total. The Hall–Kier alpha value is -1.80. The summed E-state index contributed by atoms with van der Waals surface area (Å²) in [6.45, 7) is 8.48. The Bertz CT molecular complexity index is 792. The van der Waals surface area contributed by atoms with Crippen molar-refractivity contribution in [2.45, 2.75) is 90.2 Å². The minimum absolute atomic E-state index is 0.0123. The van der Waals surface area contributed by atoms with Crippen molar-refractivity contribution in [3.63, 3.8) is 0 Å². The number of benzene rings is 1. The lowest BCUT2D eigenvalue weighted by molar-refractivity contribution is -0.292. The van der Waals surface area contributed by atoms with Crippen molar-refractivity contribution >= 4 is 12.0 Å². The van der Waals surface area contributed by atoms with E-state index in [4.69, 9.17) is 9.47 Å². The normalized spacial score (nSPS) is 22.2. The van der Waals surface area contributed by atoms with Crippen LogP contribution in [-0.2, 0) is 10.3 Å². The van der Waals surface area contributed by atoms with E-state index in [0.717, 1.165) is 19.4 Å². The van der Waals surface area contributed by atoms with E-state index < -0.39 is 17.7 Å². The number of hydrogen-bond acceptors (Lipinski definition) is 4. The smallest absolute Gasteiger partial charge is 0.421 e. The Morgan fingerprint density at radius 1 is 1.21 bits per heavy atom. The number of methoxy groups -OCH3 is 1. The summed E-state index contributed by atoms with van der Waals surface area (Å²) in [5.41, 5.74) is -2.21. The lowest BCUT2D eigenvalue weighted by atomic mass is 9.71. The topological polar surface area (TPSA) is 54.3 Å². The molecular formula is C25H39F3N2O3. The van der Waals surface area contributed by atoms with E-state index in [1.165, 1.54) is 19.2 Å². The second-order valence-corrected chi connectivity index (χ2v) is 9.13. The molecule has 1 aromatic carbocycles. The molecule has 2 atom stereocenters. The maximum Gasteiger partial charge on any atom is 0.421 e. The van der Waals surface area contributed by atoms with E-state index in [-0.39, 0.29) is 36.4 Å². The van der Waals surface area contributed by atoms with Crippen LogP contribution < -0.4 is 4.74 Å². The van der Waals surface area contributed by atoms with Gasteiger partial charge >= 0.3 is 6.18 Å². The van der Waals surface area contributed by atoms with E-state index in [2.05, 4.69) is 11.9 Å². The molecule has 1 aromatic rings. The third-order valence-electron chi connectivity index (χ3n) is 6.64. The fraction of sp³-hybridized carbons (Fsp3) is 0.720. The van der Waals surface area contributed by atoms with Crippen LogP contribution in [0, 0.1) is 12.8 Å². The quantitative estimate of drug-likeness (QED) is 0.329. The third kappa shape index (κ3) is 6.41. The Balaban J connectivity index is 2.36. The number of alkyl halides is 3. The number of aryl methyl sites for hydroxylation is 1. The average molecular weight is 473 g/mol. The number of rotatable bonds is 10. The van der Waals surface area contributed by atoms with Gasteiger partial charge < -0.3 is 19.5 Å². The second-order valence-electron chi connectivity index (χ2n) is 9.13. The largest absolute Gasteiger partial charge is 0.496 e. The zero-order chi connectivity index (χ0) is 24.8. The van der Waals surface area contributed by atoms with Crippen LogP contribution >= 0.6 is 0 Å². The highest BCUT2D eigenvalue weighted by atomic mass is 19.4. The summed E-state index contributed by atoms with van der Waals surface area (Å²) in [7, 11) is 3.17. The number of halogens is 3. The summed E-state index contributed by atoms with van der Waals surface area (Å²) in [6.07, 6.45) is 0.132. The summed E-state index contributed by atoms with van der Waals surface area (Å²) >= 11 is 0. The fourth-order valence-electron chi connectivity index (χ4n) is 4.55. The summed E-state index contributed by atoms with van der Waals surface area (Å²) in [4.78, 5) is 6.23. The van der Waals surface area contributed by atoms with Crippen LogP contribution in [-0.4, -0.2) is 55.4 Å². The fourth-order valence-corrected chi connectivity index (χ4v) is 4.55. The van der Waals surface area contributed by atoms with Gasteiger partial charge in [0.15, 0.2) is 5.60 Å². The zero-order valence-electron chi connectivity index (χ0n) is 20.7. The first-order chi connectivity index (χ1) is 15.5. The highest BCUT2D eigenvalue weighted by Crippen LogP contribution is 2.52. The first-order valence-corrected chi connectivity index (χ1v) is 11.9. The van der Waals surface area contributed by atoms with Gasteiger partial charge in [-0.05, 0) is 64.5 Å². The maximum atomic E-state index is 14.5. The van der Waals surface area contributed by atoms with Crippen LogP contribution in [0.1, 0.15) is 70.4 Å². The van der Waals surface area contributed by atoms with Gasteiger partial charge in [0.05, 0.1) is 31.3 Å². The van der Waals surface area contributed by atoms with Gasteiger partial charge in [0.1, 0.15) is 5.75 Å². The van der Waals surface area contributed by atoms with Crippen LogP contribution in [0.25, 0.3) is 0 Å². The Kier molecular flexibility index (Phi) is 9.61. The average Bonchev–Trinajstić information content (AvgIpc) is 2.77. The summed E-state index contributed by atoms with van der Waals surface area (Å²) in [6, 6.07) is 2.85. The number of hydrogen-bond donors (Lipinski definition) is 1. The number of aliphatic hydroxyl groups is 1. The number of ether oxygens (including phenoxy) is 2. The molecule has 1 aliphatic rings. The molecule has 1 fully saturated rings. The molecule has 33 heavy (non-hydrogen) atoms. The number of aliphatic imine (C=N–C) groups is 1. The van der Waals surface area contributed by atoms with Gasteiger partial charge in [0.25, 0.3) is 0 Å². The van der Waals surface area contributed by atoms with Gasteiger partial charge in [-0.2, -0.15) is 13.2 Å². The molecule has 1 N–H and O–H groups in total. The molecule has 0 heterocycles. The molecule has 2 unspecified atom stereocenters. The molecule has 1 aliphatic carbocycles. The van der Waals surface area contributed by atoms with Gasteiger partial charge in [-0.3, -0.25) is 0 Å². The lowest BCUT2D eigenvalue weighted by Gasteiger charge is -2.42. The molecule has 0 amide bonds. The van der Waals surface area contributed by atoms with Crippen LogP contribution in [0.15, 0.2) is 17.1 Å². The summed E-state index contributed by atoms with van der Waals surface area (Å²) in [5.74, 6) is -0.991. The molecule has 0 bridgehead atoms. The van der Waals surface area contributed by atoms with Gasteiger partial charge in [0, 0.05) is 31.1 Å². The van der Waals surface area contributed by atoms with Crippen LogP contribution in [0.5, 0.6) is 5.75 Å². The second kappa shape index (κ2) is 11.6. The SMILES string of the molecule is CCCC(C)OC1CCC(C(O)(c2cc(C)c(N=CN(C)CC)cc2OC)C(F)(F)F)CC1. The van der Waals surface area contributed by atoms with Gasteiger partial charge in [-0.15, -0.1) is 0 Å². The van der Waals surface area contributed by atoms with Crippen molar-refractivity contribution in [2.24, 2.45) is 10.9 Å². The van der Waals surface area contributed by atoms with Gasteiger partial charge in [-0.1, -0.05) is 13.3 Å². The Morgan fingerprint density at radius 2 is 1.85 bits per heavy atom. The molecule has 1 saturated carbocycles. The third-order valence-corrected chi connectivity index (χ3v) is 6.64. The standard InChI is InChI=1S/C25H39F3N2O3/c1-7-9-18(4)33-20-12-10-19(11-13-20)24(31,25(26,27)28)21-14-17(3)22(15-23(21)32-6)29-16-30(5)8-2/h14-16,18-20,31H,7-13H2,1-6H3.